The van der Waals surface area contributed by atoms with Gasteiger partial charge in [0, 0.05) is 19.2 Å². The summed E-state index contributed by atoms with van der Waals surface area (Å²) in [4.78, 5) is 29.4. The van der Waals surface area contributed by atoms with Gasteiger partial charge in [-0.3, -0.25) is 9.59 Å². The third kappa shape index (κ3) is 4.99. The van der Waals surface area contributed by atoms with E-state index in [9.17, 15) is 9.59 Å². The number of anilines is 1. The van der Waals surface area contributed by atoms with Crippen LogP contribution >= 0.6 is 11.6 Å². The van der Waals surface area contributed by atoms with Gasteiger partial charge in [-0.15, -0.1) is 0 Å². The van der Waals surface area contributed by atoms with Gasteiger partial charge in [-0.25, -0.2) is 4.98 Å². The fourth-order valence-corrected chi connectivity index (χ4v) is 3.08. The quantitative estimate of drug-likeness (QED) is 0.740. The summed E-state index contributed by atoms with van der Waals surface area (Å²) < 4.78 is 10.8. The van der Waals surface area contributed by atoms with E-state index < -0.39 is 5.91 Å². The van der Waals surface area contributed by atoms with Crippen molar-refractivity contribution in [2.24, 2.45) is 0 Å². The zero-order valence-corrected chi connectivity index (χ0v) is 16.3. The van der Waals surface area contributed by atoms with Crippen molar-refractivity contribution >= 4 is 29.1 Å². The molecule has 2 aromatic rings. The van der Waals surface area contributed by atoms with Crippen LogP contribution in [0.2, 0.25) is 5.02 Å². The van der Waals surface area contributed by atoms with Crippen LogP contribution < -0.4 is 15.4 Å². The van der Waals surface area contributed by atoms with E-state index in [0.29, 0.717) is 30.3 Å². The molecule has 0 spiro atoms. The second-order valence-electron chi connectivity index (χ2n) is 6.26. The van der Waals surface area contributed by atoms with Crippen LogP contribution in [-0.4, -0.2) is 42.7 Å². The van der Waals surface area contributed by atoms with E-state index >= 15 is 0 Å². The summed E-state index contributed by atoms with van der Waals surface area (Å²) in [5, 5.41) is 5.76. The van der Waals surface area contributed by atoms with Crippen LogP contribution in [-0.2, 0) is 4.74 Å². The van der Waals surface area contributed by atoms with Crippen LogP contribution in [0.5, 0.6) is 5.88 Å². The number of para-hydroxylation sites is 1. The molecule has 148 valence electrons. The average molecular weight is 404 g/mol. The largest absolute Gasteiger partial charge is 0.478 e. The first-order chi connectivity index (χ1) is 13.6. The lowest BCUT2D eigenvalue weighted by atomic mass is 10.1. The number of carbonyl (C=O) groups excluding carboxylic acids is 2. The number of hydrogen-bond donors (Lipinski definition) is 2. The molecule has 1 fully saturated rings. The van der Waals surface area contributed by atoms with Crippen molar-refractivity contribution in [2.45, 2.75) is 25.9 Å². The molecule has 2 heterocycles. The van der Waals surface area contributed by atoms with Crippen LogP contribution in [0.15, 0.2) is 36.4 Å². The van der Waals surface area contributed by atoms with Gasteiger partial charge in [-0.1, -0.05) is 23.7 Å². The number of amides is 2. The van der Waals surface area contributed by atoms with Crippen molar-refractivity contribution < 1.29 is 19.1 Å². The van der Waals surface area contributed by atoms with Crippen LogP contribution in [0.1, 0.15) is 40.6 Å². The molecule has 1 aromatic heterocycles. The molecule has 3 rings (SSSR count). The second-order valence-corrected chi connectivity index (χ2v) is 6.66. The maximum atomic E-state index is 12.7. The summed E-state index contributed by atoms with van der Waals surface area (Å²) in [6.07, 6.45) is 1.97. The summed E-state index contributed by atoms with van der Waals surface area (Å²) in [6, 6.07) is 9.91. The molecule has 0 radical (unpaired) electrons. The minimum absolute atomic E-state index is 0.0298. The zero-order chi connectivity index (χ0) is 19.9. The number of benzene rings is 1. The number of carbonyl (C=O) groups is 2. The lowest BCUT2D eigenvalue weighted by molar-refractivity contribution is 0.0858. The predicted molar refractivity (Wildman–Crippen MR) is 106 cm³/mol. The van der Waals surface area contributed by atoms with Gasteiger partial charge in [-0.05, 0) is 38.0 Å². The molecule has 2 amide bonds. The first kappa shape index (κ1) is 20.1. The van der Waals surface area contributed by atoms with Crippen molar-refractivity contribution in [1.29, 1.82) is 0 Å². The van der Waals surface area contributed by atoms with E-state index in [1.54, 1.807) is 36.4 Å². The van der Waals surface area contributed by atoms with Crippen molar-refractivity contribution in [3.63, 3.8) is 0 Å². The molecule has 1 aliphatic heterocycles. The molecule has 8 heteroatoms. The number of rotatable bonds is 7. The Labute approximate surface area is 168 Å². The van der Waals surface area contributed by atoms with Crippen molar-refractivity contribution in [3.8, 4) is 5.88 Å². The first-order valence-electron chi connectivity index (χ1n) is 9.18. The molecule has 0 aliphatic carbocycles. The highest BCUT2D eigenvalue weighted by Crippen LogP contribution is 2.21. The highest BCUT2D eigenvalue weighted by molar-refractivity contribution is 6.34. The maximum Gasteiger partial charge on any atom is 0.275 e. The van der Waals surface area contributed by atoms with E-state index in [-0.39, 0.29) is 22.7 Å². The molecule has 1 aliphatic rings. The molecule has 1 unspecified atom stereocenters. The van der Waals surface area contributed by atoms with E-state index in [1.165, 1.54) is 0 Å². The Kier molecular flexibility index (Phi) is 6.84. The molecule has 1 atom stereocenters. The summed E-state index contributed by atoms with van der Waals surface area (Å²) in [6.45, 7) is 3.40. The summed E-state index contributed by atoms with van der Waals surface area (Å²) >= 11 is 6.11. The van der Waals surface area contributed by atoms with Crippen LogP contribution in [0.25, 0.3) is 0 Å². The summed E-state index contributed by atoms with van der Waals surface area (Å²) in [5.74, 6) is -0.501. The van der Waals surface area contributed by atoms with Crippen molar-refractivity contribution in [1.82, 2.24) is 10.3 Å². The van der Waals surface area contributed by atoms with Gasteiger partial charge < -0.3 is 20.1 Å². The zero-order valence-electron chi connectivity index (χ0n) is 15.5. The molecular weight excluding hydrogens is 382 g/mol. The van der Waals surface area contributed by atoms with Crippen LogP contribution in [0.4, 0.5) is 5.69 Å². The number of ether oxygens (including phenoxy) is 2. The predicted octanol–water partition coefficient (Wildman–Crippen LogP) is 3.29. The normalized spacial score (nSPS) is 15.9. The fourth-order valence-electron chi connectivity index (χ4n) is 2.89. The SMILES string of the molecule is CCOc1ccc(Cl)c(C(=O)Nc2ccccc2C(=O)NCC2CCCO2)n1. The standard InChI is InChI=1S/C20H22ClN3O4/c1-2-27-17-10-9-15(21)18(24-17)20(26)23-16-8-4-3-7-14(16)19(25)22-12-13-6-5-11-28-13/h3-4,7-10,13H,2,5-6,11-12H2,1H3,(H,22,25)(H,23,26). The molecule has 1 saturated heterocycles. The molecule has 28 heavy (non-hydrogen) atoms. The molecule has 1 aromatic carbocycles. The van der Waals surface area contributed by atoms with Crippen LogP contribution in [0, 0.1) is 0 Å². The molecule has 0 saturated carbocycles. The summed E-state index contributed by atoms with van der Waals surface area (Å²) in [7, 11) is 0. The van der Waals surface area contributed by atoms with Gasteiger partial charge in [-0.2, -0.15) is 0 Å². The molecule has 2 N–H and O–H groups in total. The fraction of sp³-hybridized carbons (Fsp3) is 0.350. The van der Waals surface area contributed by atoms with E-state index in [2.05, 4.69) is 15.6 Å². The second kappa shape index (κ2) is 9.52. The third-order valence-corrected chi connectivity index (χ3v) is 4.57. The van der Waals surface area contributed by atoms with Gasteiger partial charge in [0.25, 0.3) is 11.8 Å². The Bertz CT molecular complexity index is 853. The maximum absolute atomic E-state index is 12.7. The topological polar surface area (TPSA) is 89.5 Å². The Morgan fingerprint density at radius 2 is 2.07 bits per heavy atom. The molecular formula is C20H22ClN3O4. The number of pyridine rings is 1. The number of nitrogens with zero attached hydrogens (tertiary/aromatic N) is 1. The van der Waals surface area contributed by atoms with Gasteiger partial charge in [0.05, 0.1) is 29.0 Å². The number of aromatic nitrogens is 1. The van der Waals surface area contributed by atoms with Crippen molar-refractivity contribution in [2.75, 3.05) is 25.1 Å². The Morgan fingerprint density at radius 3 is 2.82 bits per heavy atom. The van der Waals surface area contributed by atoms with E-state index in [1.807, 2.05) is 6.92 Å². The monoisotopic (exact) mass is 403 g/mol. The Morgan fingerprint density at radius 1 is 1.25 bits per heavy atom. The van der Waals surface area contributed by atoms with Gasteiger partial charge in [0.1, 0.15) is 0 Å². The third-order valence-electron chi connectivity index (χ3n) is 4.26. The smallest absolute Gasteiger partial charge is 0.275 e. The average Bonchev–Trinajstić information content (AvgIpc) is 3.22. The van der Waals surface area contributed by atoms with Crippen LogP contribution in [0.3, 0.4) is 0 Å². The van der Waals surface area contributed by atoms with E-state index in [4.69, 9.17) is 21.1 Å². The molecule has 0 bridgehead atoms. The minimum Gasteiger partial charge on any atom is -0.478 e. The number of nitrogens with one attached hydrogen (secondary N) is 2. The van der Waals surface area contributed by atoms with Gasteiger partial charge in [0.2, 0.25) is 5.88 Å². The van der Waals surface area contributed by atoms with Gasteiger partial charge in [0.15, 0.2) is 5.69 Å². The lowest BCUT2D eigenvalue weighted by Gasteiger charge is -2.14. The van der Waals surface area contributed by atoms with Crippen molar-refractivity contribution in [3.05, 3.63) is 52.7 Å². The Balaban J connectivity index is 1.73. The number of halogens is 1. The highest BCUT2D eigenvalue weighted by atomic mass is 35.5. The van der Waals surface area contributed by atoms with E-state index in [0.717, 1.165) is 19.4 Å². The molecule has 7 nitrogen and oxygen atoms in total. The number of hydrogen-bond acceptors (Lipinski definition) is 5. The lowest BCUT2D eigenvalue weighted by Crippen LogP contribution is -2.32. The highest BCUT2D eigenvalue weighted by Gasteiger charge is 2.20. The minimum atomic E-state index is -0.522. The van der Waals surface area contributed by atoms with Gasteiger partial charge >= 0.3 is 0 Å². The first-order valence-corrected chi connectivity index (χ1v) is 9.55. The Hall–Kier alpha value is -2.64. The summed E-state index contributed by atoms with van der Waals surface area (Å²) in [5.41, 5.74) is 0.755.